The Hall–Kier alpha value is -4.43. The summed E-state index contributed by atoms with van der Waals surface area (Å²) in [4.78, 5) is 16.1. The van der Waals surface area contributed by atoms with Gasteiger partial charge in [-0.3, -0.25) is 10.1 Å². The summed E-state index contributed by atoms with van der Waals surface area (Å²) in [6, 6.07) is 16.7. The third-order valence-corrected chi connectivity index (χ3v) is 6.30. The van der Waals surface area contributed by atoms with Crippen LogP contribution in [0.1, 0.15) is 5.56 Å². The van der Waals surface area contributed by atoms with Crippen molar-refractivity contribution in [2.45, 2.75) is 6.54 Å². The lowest BCUT2D eigenvalue weighted by molar-refractivity contribution is 0.402. The highest BCUT2D eigenvalue weighted by Gasteiger charge is 2.19. The van der Waals surface area contributed by atoms with Crippen LogP contribution in [0.5, 0.6) is 0 Å². The number of rotatable bonds is 5. The van der Waals surface area contributed by atoms with Crippen molar-refractivity contribution >= 4 is 22.1 Å². The molecule has 0 aliphatic heterocycles. The van der Waals surface area contributed by atoms with E-state index in [-0.39, 0.29) is 5.82 Å². The Kier molecular flexibility index (Phi) is 5.30. The van der Waals surface area contributed by atoms with Crippen molar-refractivity contribution in [3.8, 4) is 33.8 Å². The molecule has 0 saturated heterocycles. The zero-order valence-corrected chi connectivity index (χ0v) is 20.2. The Bertz CT molecular complexity index is 1730. The number of fused-ring (bicyclic) bond motifs is 2. The van der Waals surface area contributed by atoms with Crippen LogP contribution in [0.2, 0.25) is 0 Å². The number of H-pyrrole nitrogens is 1. The van der Waals surface area contributed by atoms with Crippen LogP contribution in [-0.4, -0.2) is 48.7 Å². The van der Waals surface area contributed by atoms with Crippen LogP contribution >= 0.6 is 0 Å². The zero-order valence-electron chi connectivity index (χ0n) is 20.2. The van der Waals surface area contributed by atoms with E-state index in [1.54, 1.807) is 6.07 Å². The van der Waals surface area contributed by atoms with Crippen molar-refractivity contribution in [1.29, 1.82) is 0 Å². The molecule has 4 aromatic heterocycles. The third-order valence-electron chi connectivity index (χ3n) is 6.30. The number of aromatic amines is 1. The molecule has 0 fully saturated rings. The minimum atomic E-state index is -0.276. The Morgan fingerprint density at radius 3 is 2.61 bits per heavy atom. The van der Waals surface area contributed by atoms with Crippen LogP contribution in [0.3, 0.4) is 0 Å². The predicted molar refractivity (Wildman–Crippen MR) is 140 cm³/mol. The van der Waals surface area contributed by atoms with E-state index in [1.165, 1.54) is 12.1 Å². The van der Waals surface area contributed by atoms with Gasteiger partial charge in [-0.2, -0.15) is 5.10 Å². The number of aryl methyl sites for hydroxylation is 1. The number of imidazole rings is 1. The zero-order chi connectivity index (χ0) is 24.8. The monoisotopic (exact) mass is 477 g/mol. The predicted octanol–water partition coefficient (Wildman–Crippen LogP) is 5.44. The smallest absolute Gasteiger partial charge is 0.162 e. The molecular formula is C28H24FN7. The van der Waals surface area contributed by atoms with Gasteiger partial charge in [0.15, 0.2) is 11.5 Å². The first-order valence-corrected chi connectivity index (χ1v) is 11.6. The van der Waals surface area contributed by atoms with Gasteiger partial charge in [-0.25, -0.2) is 14.4 Å². The molecule has 0 aliphatic carbocycles. The number of aromatic nitrogens is 6. The molecule has 0 radical (unpaired) electrons. The first-order valence-electron chi connectivity index (χ1n) is 11.6. The summed E-state index contributed by atoms with van der Waals surface area (Å²) in [5.41, 5.74) is 7.86. The molecule has 178 valence electrons. The van der Waals surface area contributed by atoms with Gasteiger partial charge in [0.05, 0.1) is 16.4 Å². The van der Waals surface area contributed by atoms with Crippen molar-refractivity contribution in [2.24, 2.45) is 7.05 Å². The second kappa shape index (κ2) is 8.66. The number of benzene rings is 2. The van der Waals surface area contributed by atoms with Crippen LogP contribution in [0.25, 0.3) is 55.8 Å². The molecule has 6 rings (SSSR count). The maximum Gasteiger partial charge on any atom is 0.162 e. The van der Waals surface area contributed by atoms with Gasteiger partial charge in [-0.1, -0.05) is 24.3 Å². The van der Waals surface area contributed by atoms with Crippen molar-refractivity contribution in [2.75, 3.05) is 14.1 Å². The fourth-order valence-electron chi connectivity index (χ4n) is 4.64. The van der Waals surface area contributed by atoms with Crippen LogP contribution < -0.4 is 0 Å². The number of hydrogen-bond donors (Lipinski definition) is 1. The highest BCUT2D eigenvalue weighted by atomic mass is 19.1. The lowest BCUT2D eigenvalue weighted by atomic mass is 10.0. The van der Waals surface area contributed by atoms with Gasteiger partial charge >= 0.3 is 0 Å². The van der Waals surface area contributed by atoms with Crippen LogP contribution in [0, 0.1) is 5.82 Å². The number of nitrogens with one attached hydrogen (secondary N) is 1. The van der Waals surface area contributed by atoms with Gasteiger partial charge < -0.3 is 9.47 Å². The summed E-state index contributed by atoms with van der Waals surface area (Å²) in [5, 5.41) is 8.49. The van der Waals surface area contributed by atoms with Crippen LogP contribution in [0.15, 0.2) is 73.2 Å². The number of halogens is 1. The molecular weight excluding hydrogens is 453 g/mol. The maximum absolute atomic E-state index is 13.9. The maximum atomic E-state index is 13.9. The molecule has 8 heteroatoms. The fourth-order valence-corrected chi connectivity index (χ4v) is 4.64. The summed E-state index contributed by atoms with van der Waals surface area (Å²) < 4.78 is 16.0. The summed E-state index contributed by atoms with van der Waals surface area (Å²) in [7, 11) is 6.04. The fraction of sp³-hybridized carbons (Fsp3) is 0.143. The quantitative estimate of drug-likeness (QED) is 0.358. The molecule has 1 N–H and O–H groups in total. The highest BCUT2D eigenvalue weighted by Crippen LogP contribution is 2.34. The first-order chi connectivity index (χ1) is 17.5. The molecule has 36 heavy (non-hydrogen) atoms. The minimum Gasteiger partial charge on any atom is -0.326 e. The normalized spacial score (nSPS) is 11.7. The van der Waals surface area contributed by atoms with Gasteiger partial charge in [-0.05, 0) is 55.6 Å². The molecule has 0 aliphatic rings. The molecule has 7 nitrogen and oxygen atoms in total. The van der Waals surface area contributed by atoms with E-state index in [9.17, 15) is 4.39 Å². The Morgan fingerprint density at radius 2 is 1.78 bits per heavy atom. The molecule has 4 heterocycles. The van der Waals surface area contributed by atoms with E-state index in [0.717, 1.165) is 50.8 Å². The van der Waals surface area contributed by atoms with Crippen molar-refractivity contribution in [3.05, 3.63) is 84.6 Å². The van der Waals surface area contributed by atoms with Gasteiger partial charge in [-0.15, -0.1) is 0 Å². The van der Waals surface area contributed by atoms with Crippen LogP contribution in [-0.2, 0) is 13.6 Å². The lowest BCUT2D eigenvalue weighted by Crippen LogP contribution is -2.10. The molecule has 0 bridgehead atoms. The number of para-hydroxylation sites is 1. The Balaban J connectivity index is 1.49. The molecule has 6 aromatic rings. The number of nitrogens with zero attached hydrogens (tertiary/aromatic N) is 6. The SMILES string of the molecule is CN(C)Cc1cncc(-c2cnc3[nH]nc(-c4nc5c(-c6cccc(F)c6)cccc5n4C)c3c2)c1. The van der Waals surface area contributed by atoms with E-state index in [4.69, 9.17) is 4.98 Å². The van der Waals surface area contributed by atoms with E-state index in [1.807, 2.05) is 68.6 Å². The van der Waals surface area contributed by atoms with E-state index in [0.29, 0.717) is 17.2 Å². The summed E-state index contributed by atoms with van der Waals surface area (Å²) in [5.74, 6) is 0.431. The van der Waals surface area contributed by atoms with Gasteiger partial charge in [0.1, 0.15) is 11.5 Å². The lowest BCUT2D eigenvalue weighted by Gasteiger charge is -2.10. The van der Waals surface area contributed by atoms with Crippen molar-refractivity contribution < 1.29 is 4.39 Å². The standard InChI is InChI=1S/C28H24FN7/c1-35(2)16-17-10-19(14-30-13-17)20-12-23-26(33-34-27(23)31-15-20)28-32-25-22(8-5-9-24(25)36(28)3)18-6-4-7-21(29)11-18/h4-15H,16H2,1-3H3,(H,31,33,34). The minimum absolute atomic E-state index is 0.276. The molecule has 0 atom stereocenters. The van der Waals surface area contributed by atoms with Gasteiger partial charge in [0.25, 0.3) is 0 Å². The largest absolute Gasteiger partial charge is 0.326 e. The highest BCUT2D eigenvalue weighted by molar-refractivity contribution is 5.97. The molecule has 0 amide bonds. The third kappa shape index (κ3) is 3.81. The van der Waals surface area contributed by atoms with Crippen molar-refractivity contribution in [3.63, 3.8) is 0 Å². The van der Waals surface area contributed by atoms with Crippen LogP contribution in [0.4, 0.5) is 4.39 Å². The Morgan fingerprint density at radius 1 is 0.944 bits per heavy atom. The van der Waals surface area contributed by atoms with E-state index < -0.39 is 0 Å². The number of hydrogen-bond acceptors (Lipinski definition) is 5. The van der Waals surface area contributed by atoms with Gasteiger partial charge in [0, 0.05) is 48.9 Å². The van der Waals surface area contributed by atoms with Gasteiger partial charge in [0.2, 0.25) is 0 Å². The Labute approximate surface area is 207 Å². The van der Waals surface area contributed by atoms with E-state index >= 15 is 0 Å². The topological polar surface area (TPSA) is 75.5 Å². The summed E-state index contributed by atoms with van der Waals surface area (Å²) in [6.45, 7) is 0.807. The molecule has 2 aromatic carbocycles. The first kappa shape index (κ1) is 22.1. The van der Waals surface area contributed by atoms with E-state index in [2.05, 4.69) is 37.2 Å². The summed E-state index contributed by atoms with van der Waals surface area (Å²) >= 11 is 0. The second-order valence-corrected chi connectivity index (χ2v) is 9.19. The summed E-state index contributed by atoms with van der Waals surface area (Å²) in [6.07, 6.45) is 5.56. The average molecular weight is 478 g/mol. The molecule has 0 unspecified atom stereocenters. The number of pyridine rings is 2. The average Bonchev–Trinajstić information content (AvgIpc) is 3.44. The second-order valence-electron chi connectivity index (χ2n) is 9.19. The van der Waals surface area contributed by atoms with Crippen molar-refractivity contribution in [1.82, 2.24) is 34.6 Å². The molecule has 0 saturated carbocycles. The molecule has 0 spiro atoms.